The van der Waals surface area contributed by atoms with E-state index in [9.17, 15) is 13.2 Å². The number of aromatic nitrogens is 1. The fourth-order valence-corrected chi connectivity index (χ4v) is 5.82. The number of benzene rings is 3. The molecule has 0 aliphatic carbocycles. The van der Waals surface area contributed by atoms with E-state index in [0.29, 0.717) is 23.1 Å². The number of hydrogen-bond acceptors (Lipinski definition) is 5. The highest BCUT2D eigenvalue weighted by Gasteiger charge is 2.27. The van der Waals surface area contributed by atoms with Crippen LogP contribution in [0.5, 0.6) is 5.75 Å². The molecule has 3 aromatic carbocycles. The molecule has 4 aromatic rings. The normalized spacial score (nSPS) is 11.5. The van der Waals surface area contributed by atoms with Crippen molar-refractivity contribution < 1.29 is 17.9 Å². The van der Waals surface area contributed by atoms with Crippen LogP contribution in [0.3, 0.4) is 0 Å². The van der Waals surface area contributed by atoms with Gasteiger partial charge in [-0.15, -0.1) is 0 Å². The fourth-order valence-electron chi connectivity index (χ4n) is 4.27. The third kappa shape index (κ3) is 6.55. The van der Waals surface area contributed by atoms with E-state index in [4.69, 9.17) is 16.3 Å². The van der Waals surface area contributed by atoms with E-state index < -0.39 is 22.5 Å². The highest BCUT2D eigenvalue weighted by atomic mass is 35.5. The molecule has 1 aromatic heterocycles. The Kier molecular flexibility index (Phi) is 8.96. The first-order chi connectivity index (χ1) is 19.1. The minimum absolute atomic E-state index is 0.00521. The molecule has 0 radical (unpaired) electrons. The Morgan fingerprint density at radius 3 is 2.27 bits per heavy atom. The van der Waals surface area contributed by atoms with Crippen LogP contribution in [0.4, 0.5) is 5.69 Å². The van der Waals surface area contributed by atoms with E-state index in [1.54, 1.807) is 30.5 Å². The second kappa shape index (κ2) is 12.4. The van der Waals surface area contributed by atoms with Crippen molar-refractivity contribution in [3.05, 3.63) is 106 Å². The molecule has 0 bridgehead atoms. The second-order valence-electron chi connectivity index (χ2n) is 9.18. The van der Waals surface area contributed by atoms with Crippen molar-refractivity contribution in [1.82, 2.24) is 9.99 Å². The maximum absolute atomic E-state index is 13.6. The summed E-state index contributed by atoms with van der Waals surface area (Å²) in [6.07, 6.45) is 1.56. The number of hydrazone groups is 1. The Bertz CT molecular complexity index is 1610. The average molecular weight is 579 g/mol. The minimum atomic E-state index is -4.09. The van der Waals surface area contributed by atoms with E-state index in [1.165, 1.54) is 29.8 Å². The summed E-state index contributed by atoms with van der Waals surface area (Å²) in [7, 11) is -4.09. The SMILES string of the molecule is CCOc1ccc(N(CC(=O)N/N=C\c2cc(C)n(-c3ccc(C)cc3)c2C)S(=O)(=O)c2ccc(Cl)cc2)cc1. The van der Waals surface area contributed by atoms with Gasteiger partial charge in [0.1, 0.15) is 12.3 Å². The van der Waals surface area contributed by atoms with Crippen LogP contribution in [0, 0.1) is 20.8 Å². The highest BCUT2D eigenvalue weighted by molar-refractivity contribution is 7.92. The summed E-state index contributed by atoms with van der Waals surface area (Å²) in [5, 5.41) is 4.52. The van der Waals surface area contributed by atoms with Gasteiger partial charge in [-0.05, 0) is 94.4 Å². The molecule has 0 fully saturated rings. The molecule has 8 nitrogen and oxygen atoms in total. The molecular weight excluding hydrogens is 548 g/mol. The van der Waals surface area contributed by atoms with Gasteiger partial charge in [0.05, 0.1) is 23.4 Å². The first-order valence-corrected chi connectivity index (χ1v) is 14.5. The number of aryl methyl sites for hydroxylation is 2. The Morgan fingerprint density at radius 2 is 1.65 bits per heavy atom. The van der Waals surface area contributed by atoms with Crippen LogP contribution < -0.4 is 14.5 Å². The maximum Gasteiger partial charge on any atom is 0.264 e. The lowest BCUT2D eigenvalue weighted by atomic mass is 10.2. The Hall–Kier alpha value is -4.08. The molecule has 0 unspecified atom stereocenters. The summed E-state index contributed by atoms with van der Waals surface area (Å²) in [5.41, 5.74) is 7.78. The van der Waals surface area contributed by atoms with Crippen LogP contribution in [-0.4, -0.2) is 38.3 Å². The van der Waals surface area contributed by atoms with Crippen LogP contribution in [0.15, 0.2) is 88.9 Å². The molecule has 40 heavy (non-hydrogen) atoms. The monoisotopic (exact) mass is 578 g/mol. The lowest BCUT2D eigenvalue weighted by Gasteiger charge is -2.24. The van der Waals surface area contributed by atoms with Crippen LogP contribution in [-0.2, 0) is 14.8 Å². The van der Waals surface area contributed by atoms with Crippen LogP contribution >= 0.6 is 11.6 Å². The lowest BCUT2D eigenvalue weighted by Crippen LogP contribution is -2.39. The molecule has 1 N–H and O–H groups in total. The zero-order valence-corrected chi connectivity index (χ0v) is 24.3. The summed E-state index contributed by atoms with van der Waals surface area (Å²) in [5.74, 6) is -0.0117. The summed E-state index contributed by atoms with van der Waals surface area (Å²) in [4.78, 5) is 13.0. The van der Waals surface area contributed by atoms with Crippen molar-refractivity contribution in [1.29, 1.82) is 0 Å². The molecule has 1 amide bonds. The number of anilines is 1. The summed E-state index contributed by atoms with van der Waals surface area (Å²) in [6.45, 7) is 7.86. The van der Waals surface area contributed by atoms with Gasteiger partial charge < -0.3 is 9.30 Å². The van der Waals surface area contributed by atoms with Gasteiger partial charge in [-0.2, -0.15) is 5.10 Å². The van der Waals surface area contributed by atoms with Crippen molar-refractivity contribution in [2.75, 3.05) is 17.5 Å². The van der Waals surface area contributed by atoms with Crippen LogP contribution in [0.1, 0.15) is 29.4 Å². The van der Waals surface area contributed by atoms with Crippen molar-refractivity contribution in [2.45, 2.75) is 32.6 Å². The van der Waals surface area contributed by atoms with E-state index in [2.05, 4.69) is 39.4 Å². The van der Waals surface area contributed by atoms with Gasteiger partial charge in [-0.25, -0.2) is 13.8 Å². The molecule has 0 saturated heterocycles. The van der Waals surface area contributed by atoms with E-state index in [0.717, 1.165) is 26.9 Å². The standard InChI is InChI=1S/C30H31ClN4O4S/c1-5-39-28-14-12-26(13-15-28)34(40(37,38)29-16-8-25(31)9-17-29)20-30(36)33-32-19-24-18-22(3)35(23(24)4)27-10-6-21(2)7-11-27/h6-19H,5,20H2,1-4H3,(H,33,36)/b32-19-. The number of carbonyl (C=O) groups excluding carboxylic acids is 1. The molecular formula is C30H31ClN4O4S. The quantitative estimate of drug-likeness (QED) is 0.190. The van der Waals surface area contributed by atoms with E-state index in [1.807, 2.05) is 33.8 Å². The number of rotatable bonds is 10. The van der Waals surface area contributed by atoms with Crippen LogP contribution in [0.25, 0.3) is 5.69 Å². The van der Waals surface area contributed by atoms with Crippen molar-refractivity contribution in [3.8, 4) is 11.4 Å². The van der Waals surface area contributed by atoms with Crippen molar-refractivity contribution in [2.24, 2.45) is 5.10 Å². The number of carbonyl (C=O) groups is 1. The van der Waals surface area contributed by atoms with Gasteiger partial charge in [0.2, 0.25) is 0 Å². The van der Waals surface area contributed by atoms with Gasteiger partial charge >= 0.3 is 0 Å². The molecule has 208 valence electrons. The Labute approximate surface area is 239 Å². The molecule has 0 saturated carbocycles. The molecule has 0 atom stereocenters. The van der Waals surface area contributed by atoms with Crippen molar-refractivity contribution >= 4 is 39.4 Å². The number of ether oxygens (including phenoxy) is 1. The van der Waals surface area contributed by atoms with Gasteiger partial charge in [0, 0.05) is 27.7 Å². The van der Waals surface area contributed by atoms with E-state index in [-0.39, 0.29) is 4.90 Å². The molecule has 1 heterocycles. The average Bonchev–Trinajstić information content (AvgIpc) is 3.21. The molecule has 10 heteroatoms. The number of hydrogen-bond donors (Lipinski definition) is 1. The molecule has 0 aliphatic rings. The van der Waals surface area contributed by atoms with Crippen LogP contribution in [0.2, 0.25) is 5.02 Å². The first kappa shape index (κ1) is 28.9. The minimum Gasteiger partial charge on any atom is -0.494 e. The van der Waals surface area contributed by atoms with Crippen molar-refractivity contribution in [3.63, 3.8) is 0 Å². The number of halogens is 1. The summed E-state index contributed by atoms with van der Waals surface area (Å²) < 4.78 is 35.7. The smallest absolute Gasteiger partial charge is 0.264 e. The Morgan fingerprint density at radius 1 is 1.00 bits per heavy atom. The summed E-state index contributed by atoms with van der Waals surface area (Å²) in [6, 6.07) is 22.5. The van der Waals surface area contributed by atoms with Gasteiger partial charge in [-0.3, -0.25) is 9.10 Å². The molecule has 0 spiro atoms. The number of amides is 1. The summed E-state index contributed by atoms with van der Waals surface area (Å²) >= 11 is 5.96. The Balaban J connectivity index is 1.55. The second-order valence-corrected chi connectivity index (χ2v) is 11.5. The van der Waals surface area contributed by atoms with Gasteiger partial charge in [0.25, 0.3) is 15.9 Å². The highest BCUT2D eigenvalue weighted by Crippen LogP contribution is 2.27. The topological polar surface area (TPSA) is 93.0 Å². The number of nitrogens with zero attached hydrogens (tertiary/aromatic N) is 3. The molecule has 4 rings (SSSR count). The zero-order chi connectivity index (χ0) is 28.9. The third-order valence-electron chi connectivity index (χ3n) is 6.28. The number of nitrogens with one attached hydrogen (secondary N) is 1. The number of sulfonamides is 1. The largest absolute Gasteiger partial charge is 0.494 e. The zero-order valence-electron chi connectivity index (χ0n) is 22.8. The van der Waals surface area contributed by atoms with E-state index >= 15 is 0 Å². The maximum atomic E-state index is 13.6. The fraction of sp³-hybridized carbons (Fsp3) is 0.200. The first-order valence-electron chi connectivity index (χ1n) is 12.7. The predicted octanol–water partition coefficient (Wildman–Crippen LogP) is 5.80. The molecule has 0 aliphatic heterocycles. The third-order valence-corrected chi connectivity index (χ3v) is 8.32. The lowest BCUT2D eigenvalue weighted by molar-refractivity contribution is -0.119. The predicted molar refractivity (Wildman–Crippen MR) is 159 cm³/mol. The van der Waals surface area contributed by atoms with Gasteiger partial charge in [0.15, 0.2) is 0 Å². The van der Waals surface area contributed by atoms with Gasteiger partial charge in [-0.1, -0.05) is 29.3 Å².